The highest BCUT2D eigenvalue weighted by molar-refractivity contribution is 9.10. The summed E-state index contributed by atoms with van der Waals surface area (Å²) >= 11 is 3.33. The van der Waals surface area contributed by atoms with Crippen molar-refractivity contribution >= 4 is 27.5 Å². The molecule has 22 heavy (non-hydrogen) atoms. The van der Waals surface area contributed by atoms with E-state index in [0.717, 1.165) is 4.47 Å². The molecule has 1 N–H and O–H groups in total. The third-order valence-electron chi connectivity index (χ3n) is 3.02. The van der Waals surface area contributed by atoms with Crippen LogP contribution in [0, 0.1) is 5.82 Å². The Morgan fingerprint density at radius 2 is 1.77 bits per heavy atom. The molecule has 1 heterocycles. The quantitative estimate of drug-likeness (QED) is 0.748. The lowest BCUT2D eigenvalue weighted by Gasteiger charge is -2.05. The van der Waals surface area contributed by atoms with Crippen LogP contribution in [0.2, 0.25) is 0 Å². The van der Waals surface area contributed by atoms with E-state index in [1.165, 1.54) is 30.5 Å². The third kappa shape index (κ3) is 3.07. The molecule has 3 aromatic rings. The first-order valence-electron chi connectivity index (χ1n) is 6.41. The first-order chi connectivity index (χ1) is 10.6. The van der Waals surface area contributed by atoms with Crippen molar-refractivity contribution in [1.82, 2.24) is 5.16 Å². The molecule has 0 fully saturated rings. The van der Waals surface area contributed by atoms with Crippen LogP contribution >= 0.6 is 15.9 Å². The van der Waals surface area contributed by atoms with E-state index in [1.54, 1.807) is 12.1 Å². The van der Waals surface area contributed by atoms with Crippen LogP contribution in [-0.4, -0.2) is 11.1 Å². The molecule has 0 bridgehead atoms. The summed E-state index contributed by atoms with van der Waals surface area (Å²) in [6, 6.07) is 12.9. The molecule has 6 heteroatoms. The molecule has 110 valence electrons. The van der Waals surface area contributed by atoms with E-state index >= 15 is 0 Å². The molecular formula is C16H10BrFN2O2. The summed E-state index contributed by atoms with van der Waals surface area (Å²) in [4.78, 5) is 12.3. The van der Waals surface area contributed by atoms with E-state index in [1.807, 2.05) is 12.1 Å². The zero-order chi connectivity index (χ0) is 15.5. The Balaban J connectivity index is 1.86. The van der Waals surface area contributed by atoms with Crippen LogP contribution in [0.5, 0.6) is 0 Å². The maximum atomic E-state index is 13.0. The van der Waals surface area contributed by atoms with Crippen molar-refractivity contribution in [3.63, 3.8) is 0 Å². The Morgan fingerprint density at radius 3 is 2.45 bits per heavy atom. The van der Waals surface area contributed by atoms with Gasteiger partial charge < -0.3 is 9.84 Å². The van der Waals surface area contributed by atoms with Crippen LogP contribution in [-0.2, 0) is 0 Å². The molecule has 0 aliphatic heterocycles. The van der Waals surface area contributed by atoms with Crippen LogP contribution in [0.3, 0.4) is 0 Å². The van der Waals surface area contributed by atoms with Gasteiger partial charge in [0.25, 0.3) is 5.91 Å². The number of hydrogen-bond acceptors (Lipinski definition) is 3. The van der Waals surface area contributed by atoms with Crippen LogP contribution in [0.1, 0.15) is 10.4 Å². The average Bonchev–Trinajstić information content (AvgIpc) is 3.00. The van der Waals surface area contributed by atoms with E-state index in [2.05, 4.69) is 26.4 Å². The maximum Gasteiger partial charge on any atom is 0.261 e. The van der Waals surface area contributed by atoms with E-state index in [9.17, 15) is 9.18 Å². The minimum absolute atomic E-state index is 0.287. The highest BCUT2D eigenvalue weighted by Gasteiger charge is 2.18. The van der Waals surface area contributed by atoms with Crippen LogP contribution < -0.4 is 5.32 Å². The van der Waals surface area contributed by atoms with Gasteiger partial charge in [0.2, 0.25) is 0 Å². The van der Waals surface area contributed by atoms with Crippen molar-refractivity contribution in [2.45, 2.75) is 0 Å². The zero-order valence-electron chi connectivity index (χ0n) is 11.2. The number of carbonyl (C=O) groups is 1. The largest absolute Gasteiger partial charge is 0.355 e. The van der Waals surface area contributed by atoms with Gasteiger partial charge in [-0.2, -0.15) is 0 Å². The fourth-order valence-corrected chi connectivity index (χ4v) is 2.21. The molecule has 0 aliphatic rings. The SMILES string of the molecule is O=C(Nc1ccc(Br)cc1)c1cnoc1-c1ccc(F)cc1. The van der Waals surface area contributed by atoms with Gasteiger partial charge in [-0.3, -0.25) is 4.79 Å². The van der Waals surface area contributed by atoms with Crippen molar-refractivity contribution in [3.05, 3.63) is 70.6 Å². The van der Waals surface area contributed by atoms with Gasteiger partial charge in [-0.05, 0) is 48.5 Å². The summed E-state index contributed by atoms with van der Waals surface area (Å²) in [6.45, 7) is 0. The summed E-state index contributed by atoms with van der Waals surface area (Å²) in [5.74, 6) is -0.401. The predicted octanol–water partition coefficient (Wildman–Crippen LogP) is 4.50. The number of nitrogens with zero attached hydrogens (tertiary/aromatic N) is 1. The molecule has 0 aliphatic carbocycles. The fraction of sp³-hybridized carbons (Fsp3) is 0. The topological polar surface area (TPSA) is 55.1 Å². The molecule has 1 amide bonds. The summed E-state index contributed by atoms with van der Waals surface area (Å²) in [7, 11) is 0. The van der Waals surface area contributed by atoms with Gasteiger partial charge in [0.15, 0.2) is 5.76 Å². The van der Waals surface area contributed by atoms with E-state index < -0.39 is 0 Å². The predicted molar refractivity (Wildman–Crippen MR) is 84.0 cm³/mol. The lowest BCUT2D eigenvalue weighted by Crippen LogP contribution is -2.11. The second kappa shape index (κ2) is 6.11. The lowest BCUT2D eigenvalue weighted by atomic mass is 10.1. The number of anilines is 1. The number of amides is 1. The van der Waals surface area contributed by atoms with Crippen LogP contribution in [0.15, 0.2) is 63.7 Å². The Morgan fingerprint density at radius 1 is 1.09 bits per heavy atom. The Kier molecular flexibility index (Phi) is 4.02. The number of hydrogen-bond donors (Lipinski definition) is 1. The monoisotopic (exact) mass is 360 g/mol. The zero-order valence-corrected chi connectivity index (χ0v) is 12.8. The van der Waals surface area contributed by atoms with Gasteiger partial charge in [-0.1, -0.05) is 21.1 Å². The lowest BCUT2D eigenvalue weighted by molar-refractivity contribution is 0.102. The standard InChI is InChI=1S/C16H10BrFN2O2/c17-11-3-7-13(8-4-11)20-16(21)14-9-19-22-15(14)10-1-5-12(18)6-2-10/h1-9H,(H,20,21). The van der Waals surface area contributed by atoms with Gasteiger partial charge in [-0.15, -0.1) is 0 Å². The van der Waals surface area contributed by atoms with Crippen LogP contribution in [0.4, 0.5) is 10.1 Å². The van der Waals surface area contributed by atoms with Crippen LogP contribution in [0.25, 0.3) is 11.3 Å². The first-order valence-corrected chi connectivity index (χ1v) is 7.20. The average molecular weight is 361 g/mol. The normalized spacial score (nSPS) is 10.5. The van der Waals surface area contributed by atoms with E-state index in [0.29, 0.717) is 17.0 Å². The molecule has 0 spiro atoms. The smallest absolute Gasteiger partial charge is 0.261 e. The molecule has 0 saturated heterocycles. The van der Waals surface area contributed by atoms with Gasteiger partial charge in [0.05, 0.1) is 6.20 Å². The third-order valence-corrected chi connectivity index (χ3v) is 3.55. The van der Waals surface area contributed by atoms with Gasteiger partial charge >= 0.3 is 0 Å². The second-order valence-electron chi connectivity index (χ2n) is 4.54. The Labute approximate surface area is 134 Å². The van der Waals surface area contributed by atoms with Crippen molar-refractivity contribution in [2.24, 2.45) is 0 Å². The summed E-state index contributed by atoms with van der Waals surface area (Å²) in [5.41, 5.74) is 1.52. The van der Waals surface area contributed by atoms with E-state index in [-0.39, 0.29) is 17.3 Å². The number of aromatic nitrogens is 1. The Hall–Kier alpha value is -2.47. The highest BCUT2D eigenvalue weighted by Crippen LogP contribution is 2.25. The van der Waals surface area contributed by atoms with Crippen molar-refractivity contribution in [1.29, 1.82) is 0 Å². The summed E-state index contributed by atoms with van der Waals surface area (Å²) in [6.07, 6.45) is 1.34. The minimum atomic E-state index is -0.357. The van der Waals surface area contributed by atoms with E-state index in [4.69, 9.17) is 4.52 Å². The van der Waals surface area contributed by atoms with Gasteiger partial charge in [0.1, 0.15) is 11.4 Å². The molecule has 0 atom stereocenters. The number of halogens is 2. The number of nitrogens with one attached hydrogen (secondary N) is 1. The number of rotatable bonds is 3. The molecule has 1 aromatic heterocycles. The molecule has 0 saturated carbocycles. The Bertz CT molecular complexity index is 798. The molecular weight excluding hydrogens is 351 g/mol. The molecule has 0 radical (unpaired) electrons. The van der Waals surface area contributed by atoms with Gasteiger partial charge in [-0.25, -0.2) is 4.39 Å². The summed E-state index contributed by atoms with van der Waals surface area (Å²) in [5, 5.41) is 6.42. The van der Waals surface area contributed by atoms with Crippen molar-refractivity contribution < 1.29 is 13.7 Å². The number of carbonyl (C=O) groups excluding carboxylic acids is 1. The first kappa shape index (κ1) is 14.5. The molecule has 0 unspecified atom stereocenters. The van der Waals surface area contributed by atoms with Crippen molar-refractivity contribution in [2.75, 3.05) is 5.32 Å². The fourth-order valence-electron chi connectivity index (χ4n) is 1.94. The van der Waals surface area contributed by atoms with Gasteiger partial charge in [0, 0.05) is 15.7 Å². The van der Waals surface area contributed by atoms with Crippen molar-refractivity contribution in [3.8, 4) is 11.3 Å². The second-order valence-corrected chi connectivity index (χ2v) is 5.45. The number of benzene rings is 2. The minimum Gasteiger partial charge on any atom is -0.355 e. The molecule has 2 aromatic carbocycles. The highest BCUT2D eigenvalue weighted by atomic mass is 79.9. The molecule has 3 rings (SSSR count). The molecule has 4 nitrogen and oxygen atoms in total. The summed E-state index contributed by atoms with van der Waals surface area (Å²) < 4.78 is 19.0. The maximum absolute atomic E-state index is 13.0.